The Kier molecular flexibility index (Phi) is 4.49. The fourth-order valence-electron chi connectivity index (χ4n) is 1.95. The van der Waals surface area contributed by atoms with Gasteiger partial charge in [0, 0.05) is 17.6 Å². The zero-order chi connectivity index (χ0) is 12.1. The average molecular weight is 275 g/mol. The van der Waals surface area contributed by atoms with Crippen molar-refractivity contribution in [3.05, 3.63) is 16.6 Å². The molecule has 2 heterocycles. The van der Waals surface area contributed by atoms with Gasteiger partial charge >= 0.3 is 0 Å². The molecule has 0 spiro atoms. The molecule has 2 rings (SSSR count). The van der Waals surface area contributed by atoms with Crippen molar-refractivity contribution >= 4 is 21.4 Å². The van der Waals surface area contributed by atoms with Crippen LogP contribution in [0.15, 0.2) is 11.7 Å². The van der Waals surface area contributed by atoms with E-state index < -0.39 is 10.0 Å². The Balaban J connectivity index is 1.81. The van der Waals surface area contributed by atoms with Crippen molar-refractivity contribution in [2.75, 3.05) is 18.8 Å². The number of thiazole rings is 1. The molecule has 0 amide bonds. The van der Waals surface area contributed by atoms with E-state index in [0.29, 0.717) is 6.54 Å². The molecule has 1 aliphatic heterocycles. The number of hydrogen-bond acceptors (Lipinski definition) is 5. The summed E-state index contributed by atoms with van der Waals surface area (Å²) in [6.45, 7) is 2.17. The van der Waals surface area contributed by atoms with Crippen LogP contribution in [0, 0.1) is 5.92 Å². The molecule has 0 bridgehead atoms. The van der Waals surface area contributed by atoms with Gasteiger partial charge in [0.15, 0.2) is 0 Å². The van der Waals surface area contributed by atoms with Crippen molar-refractivity contribution in [1.29, 1.82) is 0 Å². The van der Waals surface area contributed by atoms with Crippen LogP contribution in [0.25, 0.3) is 0 Å². The summed E-state index contributed by atoms with van der Waals surface area (Å²) < 4.78 is 26.3. The van der Waals surface area contributed by atoms with Gasteiger partial charge in [0.05, 0.1) is 11.3 Å². The summed E-state index contributed by atoms with van der Waals surface area (Å²) in [5.41, 5.74) is 1.70. The summed E-state index contributed by atoms with van der Waals surface area (Å²) in [5, 5.41) is 3.23. The molecule has 0 radical (unpaired) electrons. The second kappa shape index (κ2) is 5.90. The topological polar surface area (TPSA) is 71.1 Å². The minimum atomic E-state index is -3.17. The fraction of sp³-hybridized carbons (Fsp3) is 0.700. The number of rotatable bonds is 5. The van der Waals surface area contributed by atoms with E-state index in [4.69, 9.17) is 0 Å². The Hall–Kier alpha value is -0.500. The first-order valence-electron chi connectivity index (χ1n) is 5.71. The van der Waals surface area contributed by atoms with Gasteiger partial charge in [-0.15, -0.1) is 11.3 Å². The smallest absolute Gasteiger partial charge is 0.212 e. The molecule has 1 aromatic heterocycles. The van der Waals surface area contributed by atoms with Crippen molar-refractivity contribution in [2.24, 2.45) is 5.92 Å². The Morgan fingerprint density at radius 1 is 1.59 bits per heavy atom. The highest BCUT2D eigenvalue weighted by Gasteiger charge is 2.20. The Bertz CT molecular complexity index is 424. The van der Waals surface area contributed by atoms with E-state index >= 15 is 0 Å². The maximum absolute atomic E-state index is 11.8. The SMILES string of the molecule is O=S(=O)(CC1CCCNC1)NCc1cncs1. The largest absolute Gasteiger partial charge is 0.316 e. The molecule has 1 saturated heterocycles. The summed E-state index contributed by atoms with van der Waals surface area (Å²) >= 11 is 1.46. The molecule has 1 aromatic rings. The van der Waals surface area contributed by atoms with Crippen LogP contribution in [0.4, 0.5) is 0 Å². The molecular weight excluding hydrogens is 258 g/mol. The third-order valence-electron chi connectivity index (χ3n) is 2.80. The van der Waals surface area contributed by atoms with E-state index in [1.165, 1.54) is 11.3 Å². The van der Waals surface area contributed by atoms with E-state index in [9.17, 15) is 8.42 Å². The van der Waals surface area contributed by atoms with Gasteiger partial charge in [0.1, 0.15) is 0 Å². The van der Waals surface area contributed by atoms with Gasteiger partial charge in [-0.25, -0.2) is 13.1 Å². The lowest BCUT2D eigenvalue weighted by Gasteiger charge is -2.22. The Morgan fingerprint density at radius 2 is 2.47 bits per heavy atom. The number of sulfonamides is 1. The molecule has 0 aliphatic carbocycles. The highest BCUT2D eigenvalue weighted by Crippen LogP contribution is 2.12. The lowest BCUT2D eigenvalue weighted by molar-refractivity contribution is 0.402. The predicted octanol–water partition coefficient (Wildman–Crippen LogP) is 0.562. The summed E-state index contributed by atoms with van der Waals surface area (Å²) in [5.74, 6) is 0.460. The van der Waals surface area contributed by atoms with Crippen LogP contribution in [0.5, 0.6) is 0 Å². The average Bonchev–Trinajstić information content (AvgIpc) is 2.80. The first-order valence-corrected chi connectivity index (χ1v) is 8.24. The van der Waals surface area contributed by atoms with E-state index in [1.807, 2.05) is 0 Å². The molecule has 0 aromatic carbocycles. The number of nitrogens with one attached hydrogen (secondary N) is 2. The Morgan fingerprint density at radius 3 is 3.12 bits per heavy atom. The normalized spacial score (nSPS) is 21.5. The molecule has 1 unspecified atom stereocenters. The van der Waals surface area contributed by atoms with Crippen LogP contribution in [0.1, 0.15) is 17.7 Å². The van der Waals surface area contributed by atoms with E-state index in [1.54, 1.807) is 11.7 Å². The van der Waals surface area contributed by atoms with Gasteiger partial charge in [-0.3, -0.25) is 4.98 Å². The maximum Gasteiger partial charge on any atom is 0.212 e. The van der Waals surface area contributed by atoms with Crippen LogP contribution >= 0.6 is 11.3 Å². The van der Waals surface area contributed by atoms with Crippen LogP contribution < -0.4 is 10.0 Å². The molecule has 1 fully saturated rings. The van der Waals surface area contributed by atoms with Gasteiger partial charge in [-0.05, 0) is 31.8 Å². The molecule has 96 valence electrons. The van der Waals surface area contributed by atoms with Crippen LogP contribution in [0.2, 0.25) is 0 Å². The molecule has 17 heavy (non-hydrogen) atoms. The number of hydrogen-bond donors (Lipinski definition) is 2. The van der Waals surface area contributed by atoms with E-state index in [0.717, 1.165) is 30.8 Å². The quantitative estimate of drug-likeness (QED) is 0.824. The van der Waals surface area contributed by atoms with Crippen LogP contribution in [-0.2, 0) is 16.6 Å². The second-order valence-corrected chi connectivity index (χ2v) is 7.11. The molecule has 2 N–H and O–H groups in total. The van der Waals surface area contributed by atoms with Crippen molar-refractivity contribution in [2.45, 2.75) is 19.4 Å². The molecule has 0 saturated carbocycles. The lowest BCUT2D eigenvalue weighted by Crippen LogP contribution is -2.37. The molecule has 7 heteroatoms. The zero-order valence-corrected chi connectivity index (χ0v) is 11.2. The second-order valence-electron chi connectivity index (χ2n) is 4.28. The molecular formula is C10H17N3O2S2. The van der Waals surface area contributed by atoms with E-state index in [-0.39, 0.29) is 11.7 Å². The van der Waals surface area contributed by atoms with Gasteiger partial charge in [0.25, 0.3) is 0 Å². The van der Waals surface area contributed by atoms with Crippen LogP contribution in [-0.4, -0.2) is 32.2 Å². The molecule has 1 atom stereocenters. The summed E-state index contributed by atoms with van der Waals surface area (Å²) in [4.78, 5) is 4.85. The zero-order valence-electron chi connectivity index (χ0n) is 9.55. The molecule has 1 aliphatic rings. The minimum absolute atomic E-state index is 0.221. The Labute approximate surface area is 106 Å². The van der Waals surface area contributed by atoms with Gasteiger partial charge < -0.3 is 5.32 Å². The first-order chi connectivity index (χ1) is 8.16. The first kappa shape index (κ1) is 12.9. The number of aromatic nitrogens is 1. The van der Waals surface area contributed by atoms with Crippen LogP contribution in [0.3, 0.4) is 0 Å². The van der Waals surface area contributed by atoms with Crippen molar-refractivity contribution in [3.8, 4) is 0 Å². The number of nitrogens with zero attached hydrogens (tertiary/aromatic N) is 1. The highest BCUT2D eigenvalue weighted by atomic mass is 32.2. The van der Waals surface area contributed by atoms with E-state index in [2.05, 4.69) is 15.0 Å². The molecule has 5 nitrogen and oxygen atoms in total. The lowest BCUT2D eigenvalue weighted by atomic mass is 10.0. The third kappa shape index (κ3) is 4.34. The highest BCUT2D eigenvalue weighted by molar-refractivity contribution is 7.89. The standard InChI is InChI=1S/C10H17N3O2S2/c14-17(15,7-9-2-1-3-11-4-9)13-6-10-5-12-8-16-10/h5,8-9,11,13H,1-4,6-7H2. The maximum atomic E-state index is 11.8. The van der Waals surface area contributed by atoms with Crippen molar-refractivity contribution in [1.82, 2.24) is 15.0 Å². The van der Waals surface area contributed by atoms with Crippen molar-refractivity contribution < 1.29 is 8.42 Å². The summed E-state index contributed by atoms with van der Waals surface area (Å²) in [6.07, 6.45) is 3.75. The van der Waals surface area contributed by atoms with Gasteiger partial charge in [-0.1, -0.05) is 0 Å². The number of piperidine rings is 1. The summed E-state index contributed by atoms with van der Waals surface area (Å²) in [7, 11) is -3.17. The van der Waals surface area contributed by atoms with Gasteiger partial charge in [0.2, 0.25) is 10.0 Å². The van der Waals surface area contributed by atoms with Gasteiger partial charge in [-0.2, -0.15) is 0 Å². The third-order valence-corrected chi connectivity index (χ3v) is 5.08. The van der Waals surface area contributed by atoms with Crippen molar-refractivity contribution in [3.63, 3.8) is 0 Å². The fourth-order valence-corrected chi connectivity index (χ4v) is 3.97. The minimum Gasteiger partial charge on any atom is -0.316 e. The monoisotopic (exact) mass is 275 g/mol. The predicted molar refractivity (Wildman–Crippen MR) is 68.3 cm³/mol. The summed E-state index contributed by atoms with van der Waals surface area (Å²) in [6, 6.07) is 0.